The van der Waals surface area contributed by atoms with Crippen LogP contribution in [0, 0.1) is 0 Å². The van der Waals surface area contributed by atoms with Crippen molar-refractivity contribution >= 4 is 29.9 Å². The van der Waals surface area contributed by atoms with Gasteiger partial charge in [-0.2, -0.15) is 0 Å². The Hall–Kier alpha value is -1.02. The predicted molar refractivity (Wildman–Crippen MR) is 97.7 cm³/mol. The van der Waals surface area contributed by atoms with Crippen molar-refractivity contribution in [1.29, 1.82) is 0 Å². The number of nitrogens with one attached hydrogen (secondary N) is 2. The van der Waals surface area contributed by atoms with Crippen molar-refractivity contribution in [2.24, 2.45) is 4.99 Å². The second kappa shape index (κ2) is 9.83. The summed E-state index contributed by atoms with van der Waals surface area (Å²) >= 11 is 0. The molecule has 1 aromatic carbocycles. The lowest BCUT2D eigenvalue weighted by atomic mass is 10.2. The Morgan fingerprint density at radius 1 is 1.38 bits per heavy atom. The highest BCUT2D eigenvalue weighted by atomic mass is 127. The van der Waals surface area contributed by atoms with E-state index >= 15 is 0 Å². The van der Waals surface area contributed by atoms with Gasteiger partial charge in [0, 0.05) is 26.2 Å². The molecule has 2 N–H and O–H groups in total. The fourth-order valence-electron chi connectivity index (χ4n) is 1.93. The molecule has 6 heteroatoms. The van der Waals surface area contributed by atoms with E-state index in [-0.39, 0.29) is 24.0 Å². The van der Waals surface area contributed by atoms with E-state index in [1.165, 1.54) is 5.56 Å². The van der Waals surface area contributed by atoms with Gasteiger partial charge in [0.25, 0.3) is 0 Å². The highest BCUT2D eigenvalue weighted by Crippen LogP contribution is 2.13. The first-order valence-electron chi connectivity index (χ1n) is 7.13. The van der Waals surface area contributed by atoms with E-state index in [9.17, 15) is 0 Å². The third-order valence-corrected chi connectivity index (χ3v) is 3.06. The number of hydrogen-bond acceptors (Lipinski definition) is 5. The Labute approximate surface area is 144 Å². The summed E-state index contributed by atoms with van der Waals surface area (Å²) in [6.07, 6.45) is 1.11. The molecule has 0 fully saturated rings. The number of nitrogens with zero attached hydrogens (tertiary/aromatic N) is 2. The van der Waals surface area contributed by atoms with Crippen molar-refractivity contribution in [3.8, 4) is 5.75 Å². The average molecular weight is 404 g/mol. The molecule has 0 aromatic heterocycles. The van der Waals surface area contributed by atoms with E-state index in [4.69, 9.17) is 4.74 Å². The van der Waals surface area contributed by atoms with Gasteiger partial charge >= 0.3 is 0 Å². The summed E-state index contributed by atoms with van der Waals surface area (Å²) in [6.45, 7) is 4.29. The molecular formula is C15H25IN4O. The molecule has 0 amide bonds. The average Bonchev–Trinajstić information content (AvgIpc) is 2.46. The molecule has 1 heterocycles. The van der Waals surface area contributed by atoms with Crippen LogP contribution in [0.3, 0.4) is 0 Å². The molecule has 1 aliphatic rings. The van der Waals surface area contributed by atoms with Crippen LogP contribution in [0.15, 0.2) is 29.3 Å². The van der Waals surface area contributed by atoms with E-state index in [0.29, 0.717) is 6.61 Å². The first-order chi connectivity index (χ1) is 9.74. The summed E-state index contributed by atoms with van der Waals surface area (Å²) in [5.74, 6) is 1.82. The van der Waals surface area contributed by atoms with Crippen LogP contribution in [0.25, 0.3) is 0 Å². The van der Waals surface area contributed by atoms with Crippen LogP contribution in [0.4, 0.5) is 0 Å². The third-order valence-electron chi connectivity index (χ3n) is 3.06. The molecule has 0 atom stereocenters. The maximum Gasteiger partial charge on any atom is 0.191 e. The summed E-state index contributed by atoms with van der Waals surface area (Å²) < 4.78 is 5.73. The van der Waals surface area contributed by atoms with Crippen LogP contribution in [-0.2, 0) is 6.54 Å². The van der Waals surface area contributed by atoms with E-state index in [1.807, 2.05) is 26.2 Å². The summed E-state index contributed by atoms with van der Waals surface area (Å²) in [7, 11) is 4.09. The summed E-state index contributed by atoms with van der Waals surface area (Å²) in [6, 6.07) is 8.19. The number of benzene rings is 1. The molecule has 0 spiro atoms. The highest BCUT2D eigenvalue weighted by Gasteiger charge is 2.03. The predicted octanol–water partition coefficient (Wildman–Crippen LogP) is 1.68. The standard InChI is InChI=1S/C15H24N4O.HI/c1-19(2)9-10-20-14-6-3-5-13(11-14)12-18-15-16-7-4-8-17-15;/h3,5-6,11H,4,7-10,12H2,1-2H3,(H2,16,17,18);1H. The van der Waals surface area contributed by atoms with Crippen molar-refractivity contribution in [2.75, 3.05) is 40.3 Å². The molecule has 2 rings (SSSR count). The number of rotatable bonds is 6. The van der Waals surface area contributed by atoms with Gasteiger partial charge in [-0.3, -0.25) is 4.99 Å². The van der Waals surface area contributed by atoms with Gasteiger partial charge in [-0.1, -0.05) is 12.1 Å². The largest absolute Gasteiger partial charge is 0.492 e. The van der Waals surface area contributed by atoms with E-state index < -0.39 is 0 Å². The molecule has 1 aliphatic heterocycles. The normalized spacial score (nSPS) is 14.0. The zero-order chi connectivity index (χ0) is 14.2. The Bertz CT molecular complexity index is 451. The fourth-order valence-corrected chi connectivity index (χ4v) is 1.93. The minimum absolute atomic E-state index is 0. The van der Waals surface area contributed by atoms with Gasteiger partial charge in [-0.25, -0.2) is 0 Å². The number of halogens is 1. The SMILES string of the molecule is CN(C)CCOc1cccc(CNC2=NCCCN2)c1.I. The van der Waals surface area contributed by atoms with Gasteiger partial charge in [0.05, 0.1) is 0 Å². The third kappa shape index (κ3) is 6.99. The van der Waals surface area contributed by atoms with Gasteiger partial charge in [-0.15, -0.1) is 24.0 Å². The Balaban J connectivity index is 0.00000220. The fraction of sp³-hybridized carbons (Fsp3) is 0.533. The van der Waals surface area contributed by atoms with Crippen LogP contribution >= 0.6 is 24.0 Å². The Kier molecular flexibility index (Phi) is 8.44. The van der Waals surface area contributed by atoms with Crippen molar-refractivity contribution in [3.05, 3.63) is 29.8 Å². The topological polar surface area (TPSA) is 48.9 Å². The number of ether oxygens (including phenoxy) is 1. The lowest BCUT2D eigenvalue weighted by Gasteiger charge is -2.16. The van der Waals surface area contributed by atoms with Crippen LogP contribution in [0.1, 0.15) is 12.0 Å². The van der Waals surface area contributed by atoms with Crippen molar-refractivity contribution in [3.63, 3.8) is 0 Å². The van der Waals surface area contributed by atoms with Gasteiger partial charge in [0.1, 0.15) is 12.4 Å². The zero-order valence-corrected chi connectivity index (χ0v) is 15.1. The first-order valence-corrected chi connectivity index (χ1v) is 7.13. The molecule has 118 valence electrons. The van der Waals surface area contributed by atoms with E-state index in [1.54, 1.807) is 0 Å². The van der Waals surface area contributed by atoms with Crippen molar-refractivity contribution in [2.45, 2.75) is 13.0 Å². The number of likely N-dealkylation sites (N-methyl/N-ethyl adjacent to an activating group) is 1. The van der Waals surface area contributed by atoms with Gasteiger partial charge in [-0.05, 0) is 38.2 Å². The molecule has 0 radical (unpaired) electrons. The lowest BCUT2D eigenvalue weighted by molar-refractivity contribution is 0.261. The number of aliphatic imine (C=N–C) groups is 1. The molecule has 1 aromatic rings. The minimum Gasteiger partial charge on any atom is -0.492 e. The van der Waals surface area contributed by atoms with E-state index in [2.05, 4.69) is 32.7 Å². The summed E-state index contributed by atoms with van der Waals surface area (Å²) in [5.41, 5.74) is 1.20. The monoisotopic (exact) mass is 404 g/mol. The molecule has 0 saturated carbocycles. The molecule has 0 aliphatic carbocycles. The van der Waals surface area contributed by atoms with Crippen LogP contribution in [-0.4, -0.2) is 51.2 Å². The van der Waals surface area contributed by atoms with Crippen LogP contribution in [0.2, 0.25) is 0 Å². The Morgan fingerprint density at radius 3 is 2.95 bits per heavy atom. The molecular weight excluding hydrogens is 379 g/mol. The zero-order valence-electron chi connectivity index (χ0n) is 12.8. The van der Waals surface area contributed by atoms with Gasteiger partial charge in [0.15, 0.2) is 5.96 Å². The van der Waals surface area contributed by atoms with Crippen molar-refractivity contribution in [1.82, 2.24) is 15.5 Å². The number of hydrogen-bond donors (Lipinski definition) is 2. The van der Waals surface area contributed by atoms with Gasteiger partial charge < -0.3 is 20.3 Å². The van der Waals surface area contributed by atoms with Crippen LogP contribution < -0.4 is 15.4 Å². The molecule has 21 heavy (non-hydrogen) atoms. The second-order valence-electron chi connectivity index (χ2n) is 5.16. The van der Waals surface area contributed by atoms with E-state index in [0.717, 1.165) is 44.3 Å². The second-order valence-corrected chi connectivity index (χ2v) is 5.16. The maximum atomic E-state index is 5.73. The number of guanidine groups is 1. The molecule has 0 saturated heterocycles. The van der Waals surface area contributed by atoms with Crippen molar-refractivity contribution < 1.29 is 4.74 Å². The maximum absolute atomic E-state index is 5.73. The first kappa shape index (κ1) is 18.0. The van der Waals surface area contributed by atoms with Crippen LogP contribution in [0.5, 0.6) is 5.75 Å². The smallest absolute Gasteiger partial charge is 0.191 e. The quantitative estimate of drug-likeness (QED) is 0.709. The Morgan fingerprint density at radius 2 is 2.24 bits per heavy atom. The molecule has 0 bridgehead atoms. The van der Waals surface area contributed by atoms with Gasteiger partial charge in [0.2, 0.25) is 0 Å². The summed E-state index contributed by atoms with van der Waals surface area (Å²) in [5, 5.41) is 6.57. The minimum atomic E-state index is 0. The lowest BCUT2D eigenvalue weighted by Crippen LogP contribution is -2.40. The summed E-state index contributed by atoms with van der Waals surface area (Å²) in [4.78, 5) is 6.50. The molecule has 0 unspecified atom stereocenters. The highest BCUT2D eigenvalue weighted by molar-refractivity contribution is 14.0. The molecule has 5 nitrogen and oxygen atoms in total.